The van der Waals surface area contributed by atoms with Crippen molar-refractivity contribution < 1.29 is 23.1 Å². The number of hydrogen-bond donors (Lipinski definition) is 0. The van der Waals surface area contributed by atoms with Gasteiger partial charge in [-0.2, -0.15) is 0 Å². The van der Waals surface area contributed by atoms with Crippen molar-refractivity contribution in [2.24, 2.45) is 0 Å². The van der Waals surface area contributed by atoms with Gasteiger partial charge in [0.1, 0.15) is 18.1 Å². The topological polar surface area (TPSA) is 63.0 Å². The first-order valence-corrected chi connectivity index (χ1v) is 10.5. The van der Waals surface area contributed by atoms with Crippen LogP contribution in [-0.4, -0.2) is 53.5 Å². The minimum absolute atomic E-state index is 0.00578. The maximum Gasteiger partial charge on any atom is 0.254 e. The standard InChI is InChI=1S/C23H29FN2O4/c1-3-17(2)26(23(28)18-8-10-19(24)11-9-18)16-22(27)25(14-20-6-4-12-29-20)15-21-7-5-13-30-21/h4,6,8-12,17,21H,3,5,7,13-16H2,1-2H3/t17-,21-/m1/s1. The molecule has 1 aromatic carbocycles. The number of amides is 2. The lowest BCUT2D eigenvalue weighted by atomic mass is 10.1. The van der Waals surface area contributed by atoms with Crippen molar-refractivity contribution in [2.75, 3.05) is 19.7 Å². The Morgan fingerprint density at radius 3 is 2.60 bits per heavy atom. The SMILES string of the molecule is CC[C@@H](C)N(CC(=O)N(Cc1ccco1)C[C@H]1CCCO1)C(=O)c1ccc(F)cc1. The van der Waals surface area contributed by atoms with Crippen molar-refractivity contribution in [3.8, 4) is 0 Å². The molecule has 2 atom stereocenters. The number of rotatable bonds is 9. The highest BCUT2D eigenvalue weighted by molar-refractivity contribution is 5.96. The van der Waals surface area contributed by atoms with Crippen LogP contribution in [0.25, 0.3) is 0 Å². The van der Waals surface area contributed by atoms with Crippen LogP contribution in [0.15, 0.2) is 47.1 Å². The van der Waals surface area contributed by atoms with E-state index in [2.05, 4.69) is 0 Å². The number of furan rings is 1. The highest BCUT2D eigenvalue weighted by atomic mass is 19.1. The summed E-state index contributed by atoms with van der Waals surface area (Å²) >= 11 is 0. The zero-order chi connectivity index (χ0) is 21.5. The molecule has 7 heteroatoms. The first-order chi connectivity index (χ1) is 14.5. The second kappa shape index (κ2) is 10.4. The van der Waals surface area contributed by atoms with Crippen LogP contribution in [0.2, 0.25) is 0 Å². The van der Waals surface area contributed by atoms with Gasteiger partial charge in [0.15, 0.2) is 0 Å². The van der Waals surface area contributed by atoms with E-state index in [4.69, 9.17) is 9.15 Å². The maximum atomic E-state index is 13.3. The average Bonchev–Trinajstić information content (AvgIpc) is 3.45. The predicted molar refractivity (Wildman–Crippen MR) is 110 cm³/mol. The van der Waals surface area contributed by atoms with Crippen LogP contribution in [-0.2, 0) is 16.1 Å². The van der Waals surface area contributed by atoms with E-state index in [0.717, 1.165) is 12.8 Å². The molecular formula is C23H29FN2O4. The van der Waals surface area contributed by atoms with E-state index >= 15 is 0 Å². The molecule has 6 nitrogen and oxygen atoms in total. The van der Waals surface area contributed by atoms with Gasteiger partial charge >= 0.3 is 0 Å². The first-order valence-electron chi connectivity index (χ1n) is 10.5. The van der Waals surface area contributed by atoms with Gasteiger partial charge in [-0.3, -0.25) is 9.59 Å². The quantitative estimate of drug-likeness (QED) is 0.623. The molecule has 1 aliphatic rings. The third kappa shape index (κ3) is 5.69. The molecule has 0 spiro atoms. The number of hydrogen-bond acceptors (Lipinski definition) is 4. The summed E-state index contributed by atoms with van der Waals surface area (Å²) in [7, 11) is 0. The molecule has 2 aromatic rings. The summed E-state index contributed by atoms with van der Waals surface area (Å²) < 4.78 is 24.4. The van der Waals surface area contributed by atoms with Crippen molar-refractivity contribution in [2.45, 2.75) is 51.8 Å². The summed E-state index contributed by atoms with van der Waals surface area (Å²) in [6.45, 7) is 5.30. The van der Waals surface area contributed by atoms with E-state index in [1.165, 1.54) is 24.3 Å². The fraction of sp³-hybridized carbons (Fsp3) is 0.478. The van der Waals surface area contributed by atoms with Crippen LogP contribution >= 0.6 is 0 Å². The van der Waals surface area contributed by atoms with Crippen molar-refractivity contribution in [3.05, 3.63) is 59.8 Å². The lowest BCUT2D eigenvalue weighted by molar-refractivity contribution is -0.134. The predicted octanol–water partition coefficient (Wildman–Crippen LogP) is 3.87. The van der Waals surface area contributed by atoms with Gasteiger partial charge in [0.2, 0.25) is 5.91 Å². The Bertz CT molecular complexity index is 816. The van der Waals surface area contributed by atoms with Crippen LogP contribution in [0.3, 0.4) is 0 Å². The van der Waals surface area contributed by atoms with E-state index in [1.54, 1.807) is 22.1 Å². The highest BCUT2D eigenvalue weighted by Gasteiger charge is 2.28. The number of ether oxygens (including phenoxy) is 1. The Morgan fingerprint density at radius 2 is 2.00 bits per heavy atom. The summed E-state index contributed by atoms with van der Waals surface area (Å²) in [5, 5.41) is 0. The molecule has 3 rings (SSSR count). The highest BCUT2D eigenvalue weighted by Crippen LogP contribution is 2.17. The van der Waals surface area contributed by atoms with Gasteiger partial charge in [0.05, 0.1) is 18.9 Å². The molecule has 1 fully saturated rings. The summed E-state index contributed by atoms with van der Waals surface area (Å²) in [5.74, 6) is -0.175. The summed E-state index contributed by atoms with van der Waals surface area (Å²) in [5.41, 5.74) is 0.362. The fourth-order valence-electron chi connectivity index (χ4n) is 3.53. The first kappa shape index (κ1) is 22.0. The molecule has 162 valence electrons. The summed E-state index contributed by atoms with van der Waals surface area (Å²) in [6, 6.07) is 8.88. The smallest absolute Gasteiger partial charge is 0.254 e. The van der Waals surface area contributed by atoms with Gasteiger partial charge in [0, 0.05) is 24.8 Å². The van der Waals surface area contributed by atoms with Gasteiger partial charge in [-0.15, -0.1) is 0 Å². The Balaban J connectivity index is 1.76. The summed E-state index contributed by atoms with van der Waals surface area (Å²) in [6.07, 6.45) is 4.16. The van der Waals surface area contributed by atoms with Crippen LogP contribution in [0.4, 0.5) is 4.39 Å². The average molecular weight is 416 g/mol. The Hall–Kier alpha value is -2.67. The molecule has 30 heavy (non-hydrogen) atoms. The van der Waals surface area contributed by atoms with Gasteiger partial charge in [0.25, 0.3) is 5.91 Å². The number of nitrogens with zero attached hydrogens (tertiary/aromatic N) is 2. The maximum absolute atomic E-state index is 13.3. The molecule has 1 saturated heterocycles. The molecule has 0 saturated carbocycles. The molecule has 0 bridgehead atoms. The largest absolute Gasteiger partial charge is 0.467 e. The molecular weight excluding hydrogens is 387 g/mol. The van der Waals surface area contributed by atoms with E-state index < -0.39 is 5.82 Å². The number of benzene rings is 1. The van der Waals surface area contributed by atoms with Gasteiger partial charge < -0.3 is 19.0 Å². The molecule has 0 unspecified atom stereocenters. The van der Waals surface area contributed by atoms with Crippen molar-refractivity contribution in [1.29, 1.82) is 0 Å². The Morgan fingerprint density at radius 1 is 1.23 bits per heavy atom. The molecule has 0 aliphatic carbocycles. The number of carbonyl (C=O) groups is 2. The van der Waals surface area contributed by atoms with Crippen molar-refractivity contribution >= 4 is 11.8 Å². The molecule has 0 N–H and O–H groups in total. The molecule has 0 radical (unpaired) electrons. The zero-order valence-corrected chi connectivity index (χ0v) is 17.6. The molecule has 2 amide bonds. The Kier molecular flexibility index (Phi) is 7.63. The van der Waals surface area contributed by atoms with Gasteiger partial charge in [-0.25, -0.2) is 4.39 Å². The van der Waals surface area contributed by atoms with E-state index in [-0.39, 0.29) is 30.5 Å². The van der Waals surface area contributed by atoms with E-state index in [9.17, 15) is 14.0 Å². The van der Waals surface area contributed by atoms with E-state index in [0.29, 0.717) is 37.4 Å². The lowest BCUT2D eigenvalue weighted by Crippen LogP contribution is -2.47. The third-order valence-corrected chi connectivity index (χ3v) is 5.51. The Labute approximate surface area is 176 Å². The molecule has 2 heterocycles. The van der Waals surface area contributed by atoms with Crippen LogP contribution in [0.5, 0.6) is 0 Å². The normalized spacial score (nSPS) is 17.0. The monoisotopic (exact) mass is 416 g/mol. The number of carbonyl (C=O) groups excluding carboxylic acids is 2. The van der Waals surface area contributed by atoms with E-state index in [1.807, 2.05) is 19.9 Å². The zero-order valence-electron chi connectivity index (χ0n) is 17.6. The number of halogens is 1. The van der Waals surface area contributed by atoms with Gasteiger partial charge in [-0.05, 0) is 62.6 Å². The lowest BCUT2D eigenvalue weighted by Gasteiger charge is -2.32. The van der Waals surface area contributed by atoms with Crippen molar-refractivity contribution in [1.82, 2.24) is 9.80 Å². The second-order valence-electron chi connectivity index (χ2n) is 7.69. The van der Waals surface area contributed by atoms with Crippen molar-refractivity contribution in [3.63, 3.8) is 0 Å². The minimum Gasteiger partial charge on any atom is -0.467 e. The molecule has 1 aromatic heterocycles. The summed E-state index contributed by atoms with van der Waals surface area (Å²) in [4.78, 5) is 29.6. The van der Waals surface area contributed by atoms with Gasteiger partial charge in [-0.1, -0.05) is 6.92 Å². The molecule has 1 aliphatic heterocycles. The van der Waals surface area contributed by atoms with Crippen LogP contribution in [0, 0.1) is 5.82 Å². The van der Waals surface area contributed by atoms with Crippen LogP contribution < -0.4 is 0 Å². The second-order valence-corrected chi connectivity index (χ2v) is 7.69. The minimum atomic E-state index is -0.404. The third-order valence-electron chi connectivity index (χ3n) is 5.51. The van der Waals surface area contributed by atoms with Crippen LogP contribution in [0.1, 0.15) is 49.2 Å². The fourth-order valence-corrected chi connectivity index (χ4v) is 3.53.